The van der Waals surface area contributed by atoms with E-state index in [0.717, 1.165) is 18.4 Å². The number of likely N-dealkylation sites (tertiary alicyclic amines) is 2. The summed E-state index contributed by atoms with van der Waals surface area (Å²) in [6.07, 6.45) is 2.87. The molecular weight excluding hydrogens is 363 g/mol. The van der Waals surface area contributed by atoms with Gasteiger partial charge in [-0.2, -0.15) is 5.10 Å². The Morgan fingerprint density at radius 1 is 1.14 bits per heavy atom. The van der Waals surface area contributed by atoms with Crippen LogP contribution in [-0.2, 0) is 20.9 Å². The number of rotatable bonds is 3. The molecule has 3 heterocycles. The van der Waals surface area contributed by atoms with Gasteiger partial charge in [-0.15, -0.1) is 0 Å². The maximum Gasteiger partial charge on any atom is 0.270 e. The molecule has 0 saturated carbocycles. The molecule has 0 bridgehead atoms. The number of hydrogen-bond acceptors (Lipinski definition) is 4. The number of carbonyl (C=O) groups excluding carboxylic acids is 3. The SMILES string of the molecule is O=C1CCC(C(=O)N2CCC3(CCCN(Cc4ccc(F)cc4)C3=O)C2)=NN1. The Morgan fingerprint density at radius 3 is 2.64 bits per heavy atom. The average molecular weight is 386 g/mol. The van der Waals surface area contributed by atoms with Gasteiger partial charge in [-0.1, -0.05) is 12.1 Å². The lowest BCUT2D eigenvalue weighted by molar-refractivity contribution is -0.146. The van der Waals surface area contributed by atoms with E-state index in [4.69, 9.17) is 0 Å². The van der Waals surface area contributed by atoms with E-state index < -0.39 is 5.41 Å². The lowest BCUT2D eigenvalue weighted by Crippen LogP contribution is -2.50. The molecule has 2 fully saturated rings. The van der Waals surface area contributed by atoms with Gasteiger partial charge >= 0.3 is 0 Å². The molecule has 1 aromatic rings. The van der Waals surface area contributed by atoms with E-state index in [0.29, 0.717) is 44.7 Å². The van der Waals surface area contributed by atoms with Crippen LogP contribution in [0.15, 0.2) is 29.4 Å². The smallest absolute Gasteiger partial charge is 0.270 e. The summed E-state index contributed by atoms with van der Waals surface area (Å²) in [6, 6.07) is 6.20. The highest BCUT2D eigenvalue weighted by molar-refractivity contribution is 6.39. The Hall–Kier alpha value is -2.77. The highest BCUT2D eigenvalue weighted by Crippen LogP contribution is 2.40. The number of hydrazone groups is 1. The first kappa shape index (κ1) is 18.6. The van der Waals surface area contributed by atoms with E-state index in [2.05, 4.69) is 10.5 Å². The molecule has 7 nitrogen and oxygen atoms in total. The number of piperidine rings is 1. The summed E-state index contributed by atoms with van der Waals surface area (Å²) in [4.78, 5) is 40.7. The van der Waals surface area contributed by atoms with E-state index in [1.54, 1.807) is 17.0 Å². The molecule has 3 aliphatic rings. The zero-order valence-corrected chi connectivity index (χ0v) is 15.6. The summed E-state index contributed by atoms with van der Waals surface area (Å²) in [5.74, 6) is -0.608. The van der Waals surface area contributed by atoms with Crippen molar-refractivity contribution >= 4 is 23.4 Å². The zero-order chi connectivity index (χ0) is 19.7. The average Bonchev–Trinajstić information content (AvgIpc) is 3.12. The molecule has 3 amide bonds. The summed E-state index contributed by atoms with van der Waals surface area (Å²) in [5, 5.41) is 3.89. The van der Waals surface area contributed by atoms with Crippen LogP contribution >= 0.6 is 0 Å². The van der Waals surface area contributed by atoms with E-state index in [1.165, 1.54) is 12.1 Å². The predicted molar refractivity (Wildman–Crippen MR) is 99.5 cm³/mol. The van der Waals surface area contributed by atoms with Gasteiger partial charge in [0, 0.05) is 39.0 Å². The van der Waals surface area contributed by atoms with Crippen LogP contribution in [0.1, 0.15) is 37.7 Å². The summed E-state index contributed by atoms with van der Waals surface area (Å²) >= 11 is 0. The minimum Gasteiger partial charge on any atom is -0.338 e. The maximum absolute atomic E-state index is 13.2. The van der Waals surface area contributed by atoms with E-state index in [1.807, 2.05) is 4.90 Å². The maximum atomic E-state index is 13.2. The van der Waals surface area contributed by atoms with Crippen molar-refractivity contribution in [2.75, 3.05) is 19.6 Å². The molecule has 2 saturated heterocycles. The Bertz CT molecular complexity index is 838. The summed E-state index contributed by atoms with van der Waals surface area (Å²) < 4.78 is 13.1. The van der Waals surface area contributed by atoms with Crippen LogP contribution < -0.4 is 5.43 Å². The van der Waals surface area contributed by atoms with Gasteiger partial charge in [0.15, 0.2) is 0 Å². The minimum absolute atomic E-state index is 0.0669. The third-order valence-corrected chi connectivity index (χ3v) is 5.90. The fourth-order valence-corrected chi connectivity index (χ4v) is 4.35. The zero-order valence-electron chi connectivity index (χ0n) is 15.6. The number of hydrogen-bond donors (Lipinski definition) is 1. The number of halogens is 1. The second-order valence-electron chi connectivity index (χ2n) is 7.81. The molecule has 8 heteroatoms. The van der Waals surface area contributed by atoms with Crippen molar-refractivity contribution in [2.45, 2.75) is 38.6 Å². The van der Waals surface area contributed by atoms with E-state index in [9.17, 15) is 18.8 Å². The molecule has 28 heavy (non-hydrogen) atoms. The van der Waals surface area contributed by atoms with Gasteiger partial charge in [-0.05, 0) is 37.0 Å². The van der Waals surface area contributed by atoms with Crippen molar-refractivity contribution in [3.63, 3.8) is 0 Å². The molecule has 1 unspecified atom stereocenters. The molecule has 0 radical (unpaired) electrons. The number of amides is 3. The Morgan fingerprint density at radius 2 is 1.93 bits per heavy atom. The monoisotopic (exact) mass is 386 g/mol. The largest absolute Gasteiger partial charge is 0.338 e. The fourth-order valence-electron chi connectivity index (χ4n) is 4.35. The van der Waals surface area contributed by atoms with Crippen LogP contribution in [0.2, 0.25) is 0 Å². The highest BCUT2D eigenvalue weighted by Gasteiger charge is 2.49. The first-order chi connectivity index (χ1) is 13.5. The van der Waals surface area contributed by atoms with Crippen molar-refractivity contribution in [2.24, 2.45) is 10.5 Å². The minimum atomic E-state index is -0.549. The third kappa shape index (κ3) is 3.50. The van der Waals surface area contributed by atoms with Gasteiger partial charge in [0.2, 0.25) is 11.8 Å². The van der Waals surface area contributed by atoms with Gasteiger partial charge in [0.05, 0.1) is 5.41 Å². The van der Waals surface area contributed by atoms with E-state index in [-0.39, 0.29) is 30.0 Å². The van der Waals surface area contributed by atoms with Crippen molar-refractivity contribution in [3.8, 4) is 0 Å². The normalized spacial score (nSPS) is 25.1. The lowest BCUT2D eigenvalue weighted by Gasteiger charge is -2.39. The molecule has 1 N–H and O–H groups in total. The topological polar surface area (TPSA) is 82.1 Å². The van der Waals surface area contributed by atoms with E-state index >= 15 is 0 Å². The first-order valence-corrected chi connectivity index (χ1v) is 9.65. The quantitative estimate of drug-likeness (QED) is 0.853. The van der Waals surface area contributed by atoms with Gasteiger partial charge < -0.3 is 9.80 Å². The molecule has 1 spiro atoms. The standard InChI is InChI=1S/C20H23FN4O3/c21-15-4-2-14(3-5-15)12-24-10-1-8-20(19(24)28)9-11-25(13-20)18(27)16-6-7-17(26)23-22-16/h2-5H,1,6-13H2,(H,23,26). The van der Waals surface area contributed by atoms with Crippen LogP contribution in [0, 0.1) is 11.2 Å². The molecule has 4 rings (SSSR count). The second-order valence-corrected chi connectivity index (χ2v) is 7.81. The first-order valence-electron chi connectivity index (χ1n) is 9.65. The Labute approximate surface area is 162 Å². The summed E-state index contributed by atoms with van der Waals surface area (Å²) in [5.41, 5.74) is 3.05. The second kappa shape index (κ2) is 7.33. The van der Waals surface area contributed by atoms with Gasteiger partial charge in [0.1, 0.15) is 11.5 Å². The molecule has 1 aromatic carbocycles. The summed E-state index contributed by atoms with van der Waals surface area (Å²) in [7, 11) is 0. The molecule has 0 aromatic heterocycles. The van der Waals surface area contributed by atoms with Crippen LogP contribution in [0.25, 0.3) is 0 Å². The third-order valence-electron chi connectivity index (χ3n) is 5.90. The van der Waals surface area contributed by atoms with Crippen LogP contribution in [0.3, 0.4) is 0 Å². The van der Waals surface area contributed by atoms with Crippen molar-refractivity contribution in [3.05, 3.63) is 35.6 Å². The highest BCUT2D eigenvalue weighted by atomic mass is 19.1. The number of carbonyl (C=O) groups is 3. The molecule has 3 aliphatic heterocycles. The Balaban J connectivity index is 1.44. The summed E-state index contributed by atoms with van der Waals surface area (Å²) in [6.45, 7) is 2.03. The molecule has 0 aliphatic carbocycles. The van der Waals surface area contributed by atoms with Gasteiger partial charge in [-0.25, -0.2) is 9.82 Å². The van der Waals surface area contributed by atoms with Crippen molar-refractivity contribution < 1.29 is 18.8 Å². The molecule has 148 valence electrons. The predicted octanol–water partition coefficient (Wildman–Crippen LogP) is 1.43. The number of benzene rings is 1. The number of nitrogens with zero attached hydrogens (tertiary/aromatic N) is 3. The van der Waals surface area contributed by atoms with Gasteiger partial charge in [-0.3, -0.25) is 14.4 Å². The van der Waals surface area contributed by atoms with Crippen LogP contribution in [0.5, 0.6) is 0 Å². The van der Waals surface area contributed by atoms with Crippen molar-refractivity contribution in [1.82, 2.24) is 15.2 Å². The van der Waals surface area contributed by atoms with Crippen LogP contribution in [0.4, 0.5) is 4.39 Å². The molecular formula is C20H23FN4O3. The molecule has 1 atom stereocenters. The fraction of sp³-hybridized carbons (Fsp3) is 0.500. The van der Waals surface area contributed by atoms with Crippen molar-refractivity contribution in [1.29, 1.82) is 0 Å². The lowest BCUT2D eigenvalue weighted by atomic mass is 9.78. The van der Waals surface area contributed by atoms with Crippen LogP contribution in [-0.4, -0.2) is 52.9 Å². The number of nitrogens with one attached hydrogen (secondary N) is 1. The Kier molecular flexibility index (Phi) is 4.87. The van der Waals surface area contributed by atoms with Gasteiger partial charge in [0.25, 0.3) is 5.91 Å².